The summed E-state index contributed by atoms with van der Waals surface area (Å²) < 4.78 is 5.55. The molecule has 3 heteroatoms. The van der Waals surface area contributed by atoms with E-state index in [0.29, 0.717) is 10.5 Å². The monoisotopic (exact) mass is 242 g/mol. The average Bonchev–Trinajstić information content (AvgIpc) is 2.49. The zero-order valence-corrected chi connectivity index (χ0v) is 11.0. The van der Waals surface area contributed by atoms with Crippen LogP contribution in [0.5, 0.6) is 0 Å². The van der Waals surface area contributed by atoms with Gasteiger partial charge in [-0.2, -0.15) is 12.6 Å². The number of aryl methyl sites for hydroxylation is 2. The van der Waals surface area contributed by atoms with Crippen LogP contribution in [0.1, 0.15) is 37.2 Å². The van der Waals surface area contributed by atoms with Gasteiger partial charge >= 0.3 is 0 Å². The average molecular weight is 242 g/mol. The van der Waals surface area contributed by atoms with Crippen molar-refractivity contribution in [2.75, 3.05) is 0 Å². The Labute approximate surface area is 101 Å². The third-order valence-electron chi connectivity index (χ3n) is 2.94. The van der Waals surface area contributed by atoms with Gasteiger partial charge in [0.25, 0.3) is 0 Å². The maximum atomic E-state index is 5.55. The lowest BCUT2D eigenvalue weighted by molar-refractivity contribution is 0.498. The molecule has 2 rings (SSSR count). The molecule has 0 bridgehead atoms. The Kier molecular flexibility index (Phi) is 3.73. The van der Waals surface area contributed by atoms with Gasteiger partial charge in [0.15, 0.2) is 0 Å². The molecule has 1 nitrogen and oxygen atoms in total. The van der Waals surface area contributed by atoms with E-state index in [2.05, 4.69) is 18.7 Å². The zero-order chi connectivity index (χ0) is 10.8. The van der Waals surface area contributed by atoms with Crippen LogP contribution in [0.4, 0.5) is 0 Å². The summed E-state index contributed by atoms with van der Waals surface area (Å²) in [6, 6.07) is 2.15. The number of hydrogen-bond donors (Lipinski definition) is 1. The summed E-state index contributed by atoms with van der Waals surface area (Å²) in [6.45, 7) is 4.06. The van der Waals surface area contributed by atoms with E-state index >= 15 is 0 Å². The molecule has 0 spiro atoms. The van der Waals surface area contributed by atoms with Crippen molar-refractivity contribution >= 4 is 24.4 Å². The molecular weight excluding hydrogens is 224 g/mol. The summed E-state index contributed by atoms with van der Waals surface area (Å²) in [5.41, 5.74) is 0. The lowest BCUT2D eigenvalue weighted by atomic mass is 10.00. The molecule has 1 aliphatic rings. The fourth-order valence-corrected chi connectivity index (χ4v) is 3.96. The topological polar surface area (TPSA) is 13.1 Å². The molecule has 0 radical (unpaired) electrons. The van der Waals surface area contributed by atoms with Gasteiger partial charge in [0.1, 0.15) is 11.5 Å². The van der Waals surface area contributed by atoms with E-state index < -0.39 is 0 Å². The van der Waals surface area contributed by atoms with E-state index in [1.807, 2.05) is 25.6 Å². The summed E-state index contributed by atoms with van der Waals surface area (Å²) in [6.07, 6.45) is 5.25. The Morgan fingerprint density at radius 3 is 2.67 bits per heavy atom. The minimum Gasteiger partial charge on any atom is -0.465 e. The van der Waals surface area contributed by atoms with Gasteiger partial charge in [-0.05, 0) is 32.8 Å². The van der Waals surface area contributed by atoms with Crippen LogP contribution in [0.3, 0.4) is 0 Å². The van der Waals surface area contributed by atoms with Crippen molar-refractivity contribution in [3.63, 3.8) is 0 Å². The maximum Gasteiger partial charge on any atom is 0.114 e. The highest BCUT2D eigenvalue weighted by Crippen LogP contribution is 2.38. The van der Waals surface area contributed by atoms with Crippen LogP contribution in [-0.4, -0.2) is 10.5 Å². The molecule has 1 saturated carbocycles. The van der Waals surface area contributed by atoms with E-state index in [4.69, 9.17) is 4.42 Å². The normalized spacial score (nSPS) is 26.9. The molecule has 2 atom stereocenters. The molecular formula is C12H18OS2. The Morgan fingerprint density at radius 2 is 2.07 bits per heavy atom. The van der Waals surface area contributed by atoms with E-state index in [-0.39, 0.29) is 0 Å². The van der Waals surface area contributed by atoms with E-state index in [1.165, 1.54) is 30.6 Å². The van der Waals surface area contributed by atoms with Crippen molar-refractivity contribution in [2.45, 2.75) is 54.9 Å². The zero-order valence-electron chi connectivity index (χ0n) is 9.32. The molecule has 0 N–H and O–H groups in total. The lowest BCUT2D eigenvalue weighted by Crippen LogP contribution is -2.21. The summed E-state index contributed by atoms with van der Waals surface area (Å²) >= 11 is 6.63. The van der Waals surface area contributed by atoms with Crippen molar-refractivity contribution in [1.82, 2.24) is 0 Å². The van der Waals surface area contributed by atoms with Gasteiger partial charge < -0.3 is 4.42 Å². The predicted molar refractivity (Wildman–Crippen MR) is 69.1 cm³/mol. The first-order valence-electron chi connectivity index (χ1n) is 5.58. The molecule has 1 heterocycles. The van der Waals surface area contributed by atoms with Crippen molar-refractivity contribution in [3.8, 4) is 0 Å². The Bertz CT molecular complexity index is 332. The van der Waals surface area contributed by atoms with E-state index in [1.54, 1.807) is 0 Å². The molecule has 0 saturated heterocycles. The third kappa shape index (κ3) is 2.76. The second-order valence-electron chi connectivity index (χ2n) is 4.29. The first-order chi connectivity index (χ1) is 7.16. The molecule has 1 aromatic heterocycles. The summed E-state index contributed by atoms with van der Waals surface area (Å²) in [7, 11) is 0. The first-order valence-corrected chi connectivity index (χ1v) is 6.98. The van der Waals surface area contributed by atoms with Gasteiger partial charge in [-0.25, -0.2) is 0 Å². The highest BCUT2D eigenvalue weighted by Gasteiger charge is 2.24. The summed E-state index contributed by atoms with van der Waals surface area (Å²) in [4.78, 5) is 1.30. The van der Waals surface area contributed by atoms with Gasteiger partial charge in [-0.15, -0.1) is 11.8 Å². The van der Waals surface area contributed by atoms with Gasteiger partial charge in [0, 0.05) is 15.4 Å². The molecule has 0 aliphatic heterocycles. The Hall–Kier alpha value is -0.0200. The third-order valence-corrected chi connectivity index (χ3v) is 5.29. The quantitative estimate of drug-likeness (QED) is 0.780. The molecule has 0 amide bonds. The van der Waals surface area contributed by atoms with Crippen LogP contribution >= 0.6 is 24.4 Å². The molecule has 1 aromatic rings. The second-order valence-corrected chi connectivity index (χ2v) is 6.23. The minimum atomic E-state index is 0.554. The Morgan fingerprint density at radius 1 is 1.33 bits per heavy atom. The molecule has 1 fully saturated rings. The van der Waals surface area contributed by atoms with Crippen molar-refractivity contribution in [1.29, 1.82) is 0 Å². The molecule has 1 aliphatic carbocycles. The van der Waals surface area contributed by atoms with Gasteiger partial charge in [-0.1, -0.05) is 12.8 Å². The number of furan rings is 1. The second kappa shape index (κ2) is 4.88. The fraction of sp³-hybridized carbons (Fsp3) is 0.667. The van der Waals surface area contributed by atoms with Crippen molar-refractivity contribution in [2.24, 2.45) is 0 Å². The predicted octanol–water partition coefficient (Wildman–Crippen LogP) is 4.23. The van der Waals surface area contributed by atoms with Crippen LogP contribution in [-0.2, 0) is 0 Å². The highest BCUT2D eigenvalue weighted by atomic mass is 32.2. The van der Waals surface area contributed by atoms with Gasteiger partial charge in [0.2, 0.25) is 0 Å². The molecule has 15 heavy (non-hydrogen) atoms. The first kappa shape index (κ1) is 11.5. The minimum absolute atomic E-state index is 0.554. The van der Waals surface area contributed by atoms with E-state index in [0.717, 1.165) is 11.5 Å². The summed E-state index contributed by atoms with van der Waals surface area (Å²) in [5.74, 6) is 2.07. The van der Waals surface area contributed by atoms with Crippen molar-refractivity contribution < 1.29 is 4.42 Å². The number of hydrogen-bond acceptors (Lipinski definition) is 3. The van der Waals surface area contributed by atoms with Gasteiger partial charge in [-0.3, -0.25) is 0 Å². The van der Waals surface area contributed by atoms with Crippen LogP contribution in [0.2, 0.25) is 0 Å². The number of rotatable bonds is 2. The molecule has 0 aromatic carbocycles. The van der Waals surface area contributed by atoms with Crippen LogP contribution < -0.4 is 0 Å². The van der Waals surface area contributed by atoms with Crippen LogP contribution in [0.15, 0.2) is 15.4 Å². The lowest BCUT2D eigenvalue weighted by Gasteiger charge is -2.27. The van der Waals surface area contributed by atoms with Crippen molar-refractivity contribution in [3.05, 3.63) is 17.6 Å². The molecule has 0 unspecified atom stereocenters. The summed E-state index contributed by atoms with van der Waals surface area (Å²) in [5, 5.41) is 1.22. The van der Waals surface area contributed by atoms with Crippen LogP contribution in [0, 0.1) is 13.8 Å². The largest absolute Gasteiger partial charge is 0.465 e. The van der Waals surface area contributed by atoms with Crippen LogP contribution in [0.25, 0.3) is 0 Å². The SMILES string of the molecule is Cc1cc(S[C@@H]2CCCC[C@H]2S)c(C)o1. The van der Waals surface area contributed by atoms with E-state index in [9.17, 15) is 0 Å². The standard InChI is InChI=1S/C12H18OS2/c1-8-7-12(9(2)13-8)15-11-6-4-3-5-10(11)14/h7,10-11,14H,3-6H2,1-2H3/t10-,11-/m1/s1. The number of thioether (sulfide) groups is 1. The van der Waals surface area contributed by atoms with Gasteiger partial charge in [0.05, 0.1) is 0 Å². The smallest absolute Gasteiger partial charge is 0.114 e. The number of thiol groups is 1. The Balaban J connectivity index is 2.04. The molecule has 84 valence electrons. The maximum absolute atomic E-state index is 5.55. The fourth-order valence-electron chi connectivity index (χ4n) is 2.10. The highest BCUT2D eigenvalue weighted by molar-refractivity contribution is 8.00.